The maximum atomic E-state index is 13.7. The lowest BCUT2D eigenvalue weighted by atomic mass is 10.0. The summed E-state index contributed by atoms with van der Waals surface area (Å²) in [6, 6.07) is 1.60. The van der Waals surface area contributed by atoms with Crippen LogP contribution in [-0.4, -0.2) is 0 Å². The molecule has 0 saturated carbocycles. The molecule has 1 aromatic carbocycles. The van der Waals surface area contributed by atoms with Crippen molar-refractivity contribution in [1.29, 1.82) is 0 Å². The highest BCUT2D eigenvalue weighted by Crippen LogP contribution is 2.33. The zero-order valence-electron chi connectivity index (χ0n) is 8.38. The highest BCUT2D eigenvalue weighted by molar-refractivity contribution is 9.10. The van der Waals surface area contributed by atoms with Crippen LogP contribution in [0.1, 0.15) is 17.2 Å². The van der Waals surface area contributed by atoms with Gasteiger partial charge in [0.1, 0.15) is 11.6 Å². The number of thiophene rings is 1. The maximum Gasteiger partial charge on any atom is 0.132 e. The third-order valence-electron chi connectivity index (χ3n) is 2.33. The summed E-state index contributed by atoms with van der Waals surface area (Å²) in [6.45, 7) is 0. The number of benzene rings is 1. The van der Waals surface area contributed by atoms with E-state index in [-0.39, 0.29) is 5.56 Å². The minimum Gasteiger partial charge on any atom is -0.320 e. The molecule has 0 aliphatic heterocycles. The van der Waals surface area contributed by atoms with Crippen LogP contribution in [0.2, 0.25) is 0 Å². The molecule has 1 atom stereocenters. The molecule has 0 aliphatic carbocycles. The summed E-state index contributed by atoms with van der Waals surface area (Å²) >= 11 is 7.76. The Morgan fingerprint density at radius 1 is 1.12 bits per heavy atom. The second-order valence-corrected chi connectivity index (χ2v) is 5.95. The molecule has 90 valence electrons. The predicted octanol–water partition coefficient (Wildman–Crippen LogP) is 4.60. The van der Waals surface area contributed by atoms with Crippen LogP contribution in [0.5, 0.6) is 0 Å². The Kier molecular flexibility index (Phi) is 3.97. The van der Waals surface area contributed by atoms with Gasteiger partial charge in [-0.1, -0.05) is 15.9 Å². The van der Waals surface area contributed by atoms with Gasteiger partial charge in [0, 0.05) is 19.9 Å². The molecule has 2 N–H and O–H groups in total. The Hall–Kier alpha value is -0.300. The van der Waals surface area contributed by atoms with Crippen LogP contribution in [0.4, 0.5) is 8.78 Å². The Bertz CT molecular complexity index is 533. The van der Waals surface area contributed by atoms with Gasteiger partial charge < -0.3 is 5.73 Å². The highest BCUT2D eigenvalue weighted by Gasteiger charge is 2.21. The summed E-state index contributed by atoms with van der Waals surface area (Å²) in [5.74, 6) is -1.30. The Morgan fingerprint density at radius 2 is 1.71 bits per heavy atom. The predicted molar refractivity (Wildman–Crippen MR) is 72.1 cm³/mol. The first-order valence-corrected chi connectivity index (χ1v) is 7.15. The van der Waals surface area contributed by atoms with E-state index in [9.17, 15) is 8.78 Å². The third kappa shape index (κ3) is 2.59. The first-order chi connectivity index (χ1) is 8.00. The lowest BCUT2D eigenvalue weighted by molar-refractivity contribution is 0.542. The van der Waals surface area contributed by atoms with Crippen LogP contribution >= 0.6 is 43.2 Å². The van der Waals surface area contributed by atoms with Crippen LogP contribution in [0.3, 0.4) is 0 Å². The summed E-state index contributed by atoms with van der Waals surface area (Å²) in [4.78, 5) is 0. The molecule has 17 heavy (non-hydrogen) atoms. The topological polar surface area (TPSA) is 26.0 Å². The van der Waals surface area contributed by atoms with Crippen molar-refractivity contribution >= 4 is 43.2 Å². The zero-order valence-corrected chi connectivity index (χ0v) is 12.4. The van der Waals surface area contributed by atoms with E-state index in [1.807, 2.05) is 5.38 Å². The van der Waals surface area contributed by atoms with E-state index in [0.717, 1.165) is 4.47 Å². The van der Waals surface area contributed by atoms with E-state index in [1.54, 1.807) is 5.38 Å². The fraction of sp³-hybridized carbons (Fsp3) is 0.0909. The van der Waals surface area contributed by atoms with Crippen molar-refractivity contribution in [2.75, 3.05) is 0 Å². The average Bonchev–Trinajstić information content (AvgIpc) is 2.62. The Labute approximate surface area is 118 Å². The molecule has 2 rings (SSSR count). The number of nitrogens with two attached hydrogens (primary N) is 1. The van der Waals surface area contributed by atoms with Crippen molar-refractivity contribution in [1.82, 2.24) is 0 Å². The van der Waals surface area contributed by atoms with Gasteiger partial charge in [0.25, 0.3) is 0 Å². The molecule has 0 saturated heterocycles. The van der Waals surface area contributed by atoms with Crippen LogP contribution in [0, 0.1) is 11.6 Å². The van der Waals surface area contributed by atoms with Gasteiger partial charge in [0.2, 0.25) is 0 Å². The summed E-state index contributed by atoms with van der Waals surface area (Å²) in [5.41, 5.74) is 6.45. The molecular weight excluding hydrogens is 376 g/mol. The first kappa shape index (κ1) is 13.1. The van der Waals surface area contributed by atoms with Crippen molar-refractivity contribution in [2.24, 2.45) is 5.73 Å². The lowest BCUT2D eigenvalue weighted by Crippen LogP contribution is -2.15. The molecule has 2 aromatic rings. The quantitative estimate of drug-likeness (QED) is 0.806. The summed E-state index contributed by atoms with van der Waals surface area (Å²) < 4.78 is 28.6. The van der Waals surface area contributed by atoms with E-state index in [0.29, 0.717) is 10.0 Å². The fourth-order valence-electron chi connectivity index (χ4n) is 1.52. The minimum atomic E-state index is -0.816. The summed E-state index contributed by atoms with van der Waals surface area (Å²) in [6.07, 6.45) is 0. The van der Waals surface area contributed by atoms with Crippen LogP contribution in [0.25, 0.3) is 0 Å². The van der Waals surface area contributed by atoms with Crippen molar-refractivity contribution in [3.05, 3.63) is 54.6 Å². The van der Waals surface area contributed by atoms with Gasteiger partial charge in [-0.3, -0.25) is 0 Å². The number of rotatable bonds is 2. The van der Waals surface area contributed by atoms with E-state index >= 15 is 0 Å². The van der Waals surface area contributed by atoms with Crippen molar-refractivity contribution < 1.29 is 8.78 Å². The van der Waals surface area contributed by atoms with Gasteiger partial charge in [0.05, 0.1) is 6.04 Å². The number of hydrogen-bond acceptors (Lipinski definition) is 2. The number of halogens is 4. The van der Waals surface area contributed by atoms with Crippen molar-refractivity contribution in [3.8, 4) is 0 Å². The molecule has 1 nitrogen and oxygen atoms in total. The number of hydrogen-bond donors (Lipinski definition) is 1. The summed E-state index contributed by atoms with van der Waals surface area (Å²) in [7, 11) is 0. The maximum absolute atomic E-state index is 13.7. The Balaban J connectivity index is 2.51. The largest absolute Gasteiger partial charge is 0.320 e. The van der Waals surface area contributed by atoms with Gasteiger partial charge in [0.15, 0.2) is 0 Å². The lowest BCUT2D eigenvalue weighted by Gasteiger charge is -2.14. The van der Waals surface area contributed by atoms with E-state index in [4.69, 9.17) is 5.73 Å². The molecule has 1 heterocycles. The molecule has 0 aliphatic rings. The molecule has 1 unspecified atom stereocenters. The highest BCUT2D eigenvalue weighted by atomic mass is 79.9. The fourth-order valence-corrected chi connectivity index (χ4v) is 3.50. The van der Waals surface area contributed by atoms with Crippen molar-refractivity contribution in [2.45, 2.75) is 6.04 Å². The second kappa shape index (κ2) is 5.14. The van der Waals surface area contributed by atoms with E-state index in [2.05, 4.69) is 31.9 Å². The molecule has 0 radical (unpaired) electrons. The van der Waals surface area contributed by atoms with Crippen LogP contribution in [0.15, 0.2) is 31.8 Å². The molecule has 6 heteroatoms. The third-order valence-corrected chi connectivity index (χ3v) is 4.54. The molecule has 0 bridgehead atoms. The standard InChI is InChI=1S/C11H7Br2F2NS/c12-5-1-8(14)10(9(15)2-5)11(16)6-3-17-4-7(6)13/h1-4,11H,16H2. The zero-order chi connectivity index (χ0) is 12.6. The molecule has 0 spiro atoms. The van der Waals surface area contributed by atoms with Gasteiger partial charge in [-0.2, -0.15) is 11.3 Å². The van der Waals surface area contributed by atoms with Gasteiger partial charge in [-0.15, -0.1) is 0 Å². The van der Waals surface area contributed by atoms with Crippen LogP contribution in [-0.2, 0) is 0 Å². The Morgan fingerprint density at radius 3 is 2.18 bits per heavy atom. The first-order valence-electron chi connectivity index (χ1n) is 4.62. The van der Waals surface area contributed by atoms with E-state index < -0.39 is 17.7 Å². The average molecular weight is 383 g/mol. The summed E-state index contributed by atoms with van der Waals surface area (Å²) in [5, 5.41) is 3.60. The van der Waals surface area contributed by atoms with Crippen LogP contribution < -0.4 is 5.73 Å². The normalized spacial score (nSPS) is 12.8. The molecule has 0 amide bonds. The second-order valence-electron chi connectivity index (χ2n) is 3.44. The molecule has 1 aromatic heterocycles. The SMILES string of the molecule is NC(c1cscc1Br)c1c(F)cc(Br)cc1F. The van der Waals surface area contributed by atoms with Gasteiger partial charge in [-0.05, 0) is 39.0 Å². The molecular formula is C11H7Br2F2NS. The van der Waals surface area contributed by atoms with Gasteiger partial charge >= 0.3 is 0 Å². The minimum absolute atomic E-state index is 0.118. The molecule has 0 fully saturated rings. The smallest absolute Gasteiger partial charge is 0.132 e. The monoisotopic (exact) mass is 381 g/mol. The van der Waals surface area contributed by atoms with E-state index in [1.165, 1.54) is 23.5 Å². The van der Waals surface area contributed by atoms with Crippen molar-refractivity contribution in [3.63, 3.8) is 0 Å². The van der Waals surface area contributed by atoms with Gasteiger partial charge in [-0.25, -0.2) is 8.78 Å².